The summed E-state index contributed by atoms with van der Waals surface area (Å²) in [6.45, 7) is 1.93. The minimum atomic E-state index is -0.0765. The molecular weight excluding hydrogens is 166 g/mol. The van der Waals surface area contributed by atoms with Gasteiger partial charge in [0.05, 0.1) is 5.52 Å². The van der Waals surface area contributed by atoms with E-state index in [1.54, 1.807) is 11.8 Å². The zero-order valence-corrected chi connectivity index (χ0v) is 7.64. The van der Waals surface area contributed by atoms with Gasteiger partial charge in [0.25, 0.3) is 0 Å². The predicted octanol–water partition coefficient (Wildman–Crippen LogP) is 1.60. The Labute approximate surface area is 76.1 Å². The van der Waals surface area contributed by atoms with Gasteiger partial charge in [0.2, 0.25) is 0 Å². The lowest BCUT2D eigenvalue weighted by atomic mass is 10.3. The first-order valence-electron chi connectivity index (χ1n) is 4.15. The van der Waals surface area contributed by atoms with Crippen molar-refractivity contribution in [3.63, 3.8) is 0 Å². The maximum absolute atomic E-state index is 5.16. The highest BCUT2D eigenvalue weighted by Crippen LogP contribution is 2.14. The fourth-order valence-corrected chi connectivity index (χ4v) is 1.26. The molecule has 0 unspecified atom stereocenters. The minimum absolute atomic E-state index is 0.0765. The van der Waals surface area contributed by atoms with Crippen molar-refractivity contribution in [3.8, 4) is 0 Å². The average Bonchev–Trinajstić information content (AvgIpc) is 2.60. The second-order valence-corrected chi connectivity index (χ2v) is 2.86. The van der Waals surface area contributed by atoms with Crippen molar-refractivity contribution < 1.29 is 4.74 Å². The molecule has 2 aromatic rings. The maximum Gasteiger partial charge on any atom is 0.149 e. The fraction of sp³-hybridized carbons (Fsp3) is 0.333. The summed E-state index contributed by atoms with van der Waals surface area (Å²) in [7, 11) is 1.65. The van der Waals surface area contributed by atoms with E-state index in [0.717, 1.165) is 11.0 Å². The Kier molecular flexibility index (Phi) is 1.98. The van der Waals surface area contributed by atoms with E-state index in [9.17, 15) is 0 Å². The van der Waals surface area contributed by atoms with Crippen LogP contribution in [0.4, 0.5) is 0 Å². The van der Waals surface area contributed by atoms with E-state index in [1.165, 1.54) is 0 Å². The number of para-hydroxylation sites is 1. The second kappa shape index (κ2) is 3.14. The highest BCUT2D eigenvalue weighted by molar-refractivity contribution is 5.73. The molecule has 1 heterocycles. The van der Waals surface area contributed by atoms with Crippen LogP contribution in [0.5, 0.6) is 0 Å². The van der Waals surface area contributed by atoms with Gasteiger partial charge in [-0.2, -0.15) is 0 Å². The Bertz CT molecular complexity index is 410. The van der Waals surface area contributed by atoms with Gasteiger partial charge < -0.3 is 4.74 Å². The highest BCUT2D eigenvalue weighted by atomic mass is 16.5. The molecule has 0 aliphatic heterocycles. The van der Waals surface area contributed by atoms with Crippen LogP contribution in [0.15, 0.2) is 24.3 Å². The molecule has 0 N–H and O–H groups in total. The van der Waals surface area contributed by atoms with E-state index < -0.39 is 0 Å². The average molecular weight is 177 g/mol. The van der Waals surface area contributed by atoms with Crippen LogP contribution in [-0.2, 0) is 4.74 Å². The van der Waals surface area contributed by atoms with Crippen LogP contribution >= 0.6 is 0 Å². The van der Waals surface area contributed by atoms with Crippen LogP contribution in [0, 0.1) is 0 Å². The zero-order chi connectivity index (χ0) is 9.26. The van der Waals surface area contributed by atoms with Crippen LogP contribution in [0.1, 0.15) is 13.2 Å². The molecule has 0 saturated carbocycles. The molecule has 0 aliphatic carbocycles. The van der Waals surface area contributed by atoms with Gasteiger partial charge in [-0.05, 0) is 19.1 Å². The summed E-state index contributed by atoms with van der Waals surface area (Å²) in [5, 5.41) is 8.03. The minimum Gasteiger partial charge on any atom is -0.360 e. The van der Waals surface area contributed by atoms with Crippen molar-refractivity contribution in [1.29, 1.82) is 0 Å². The van der Waals surface area contributed by atoms with E-state index in [4.69, 9.17) is 4.74 Å². The van der Waals surface area contributed by atoms with Crippen molar-refractivity contribution in [1.82, 2.24) is 15.0 Å². The third-order valence-corrected chi connectivity index (χ3v) is 2.06. The molecular formula is C9H11N3O. The van der Waals surface area contributed by atoms with Gasteiger partial charge >= 0.3 is 0 Å². The van der Waals surface area contributed by atoms with Gasteiger partial charge in [0.15, 0.2) is 0 Å². The quantitative estimate of drug-likeness (QED) is 0.699. The van der Waals surface area contributed by atoms with Crippen molar-refractivity contribution in [2.24, 2.45) is 0 Å². The van der Waals surface area contributed by atoms with Gasteiger partial charge in [-0.1, -0.05) is 17.3 Å². The van der Waals surface area contributed by atoms with Crippen LogP contribution in [0.2, 0.25) is 0 Å². The first-order valence-corrected chi connectivity index (χ1v) is 4.15. The van der Waals surface area contributed by atoms with E-state index in [-0.39, 0.29) is 6.23 Å². The number of methoxy groups -OCH3 is 1. The third kappa shape index (κ3) is 1.29. The molecule has 0 amide bonds. The molecule has 0 fully saturated rings. The molecule has 1 atom stereocenters. The second-order valence-electron chi connectivity index (χ2n) is 2.86. The summed E-state index contributed by atoms with van der Waals surface area (Å²) in [5.74, 6) is 0. The topological polar surface area (TPSA) is 39.9 Å². The van der Waals surface area contributed by atoms with E-state index in [0.29, 0.717) is 0 Å². The number of aromatic nitrogens is 3. The molecule has 4 heteroatoms. The summed E-state index contributed by atoms with van der Waals surface area (Å²) >= 11 is 0. The molecule has 0 bridgehead atoms. The van der Waals surface area contributed by atoms with Crippen molar-refractivity contribution in [2.45, 2.75) is 13.2 Å². The molecule has 2 rings (SSSR count). The van der Waals surface area contributed by atoms with Crippen LogP contribution < -0.4 is 0 Å². The molecule has 4 nitrogen and oxygen atoms in total. The number of rotatable bonds is 2. The van der Waals surface area contributed by atoms with Gasteiger partial charge in [0, 0.05) is 7.11 Å². The Morgan fingerprint density at radius 2 is 2.15 bits per heavy atom. The van der Waals surface area contributed by atoms with Gasteiger partial charge in [-0.25, -0.2) is 4.68 Å². The monoisotopic (exact) mass is 177 g/mol. The summed E-state index contributed by atoms with van der Waals surface area (Å²) in [5.41, 5.74) is 1.89. The summed E-state index contributed by atoms with van der Waals surface area (Å²) in [6, 6.07) is 7.81. The molecule has 1 aromatic carbocycles. The van der Waals surface area contributed by atoms with Crippen LogP contribution in [0.25, 0.3) is 11.0 Å². The number of fused-ring (bicyclic) bond motifs is 1. The summed E-state index contributed by atoms with van der Waals surface area (Å²) in [6.07, 6.45) is -0.0765. The Balaban J connectivity index is 2.57. The molecule has 13 heavy (non-hydrogen) atoms. The Hall–Kier alpha value is -1.42. The SMILES string of the molecule is CO[C@@H](C)n1nnc2ccccc21. The summed E-state index contributed by atoms with van der Waals surface area (Å²) < 4.78 is 6.92. The molecule has 0 radical (unpaired) electrons. The smallest absolute Gasteiger partial charge is 0.149 e. The lowest BCUT2D eigenvalue weighted by Gasteiger charge is -2.09. The van der Waals surface area contributed by atoms with Crippen molar-refractivity contribution in [3.05, 3.63) is 24.3 Å². The summed E-state index contributed by atoms with van der Waals surface area (Å²) in [4.78, 5) is 0. The highest BCUT2D eigenvalue weighted by Gasteiger charge is 2.08. The van der Waals surface area contributed by atoms with Crippen LogP contribution in [-0.4, -0.2) is 22.1 Å². The van der Waals surface area contributed by atoms with Gasteiger partial charge in [-0.15, -0.1) is 5.10 Å². The third-order valence-electron chi connectivity index (χ3n) is 2.06. The number of benzene rings is 1. The van der Waals surface area contributed by atoms with Crippen molar-refractivity contribution in [2.75, 3.05) is 7.11 Å². The molecule has 0 spiro atoms. The largest absolute Gasteiger partial charge is 0.360 e. The molecule has 68 valence electrons. The molecule has 1 aromatic heterocycles. The Morgan fingerprint density at radius 3 is 2.92 bits per heavy atom. The first-order chi connectivity index (χ1) is 6.33. The maximum atomic E-state index is 5.16. The lowest BCUT2D eigenvalue weighted by molar-refractivity contribution is 0.0522. The normalized spacial score (nSPS) is 13.4. The van der Waals surface area contributed by atoms with Crippen molar-refractivity contribution >= 4 is 11.0 Å². The van der Waals surface area contributed by atoms with Crippen LogP contribution in [0.3, 0.4) is 0 Å². The predicted molar refractivity (Wildman–Crippen MR) is 49.2 cm³/mol. The Morgan fingerprint density at radius 1 is 1.38 bits per heavy atom. The zero-order valence-electron chi connectivity index (χ0n) is 7.64. The molecule has 0 aliphatic rings. The van der Waals surface area contributed by atoms with Gasteiger partial charge in [-0.3, -0.25) is 0 Å². The van der Waals surface area contributed by atoms with E-state index in [2.05, 4.69) is 10.3 Å². The standard InChI is InChI=1S/C9H11N3O/c1-7(13-2)12-9-6-4-3-5-8(9)10-11-12/h3-7H,1-2H3/t7-/m0/s1. The van der Waals surface area contributed by atoms with E-state index in [1.807, 2.05) is 31.2 Å². The van der Waals surface area contributed by atoms with Gasteiger partial charge in [0.1, 0.15) is 11.7 Å². The first kappa shape index (κ1) is 8.19. The number of nitrogens with zero attached hydrogens (tertiary/aromatic N) is 3. The lowest BCUT2D eigenvalue weighted by Crippen LogP contribution is -2.08. The molecule has 0 saturated heterocycles. The fourth-order valence-electron chi connectivity index (χ4n) is 1.26. The number of hydrogen-bond donors (Lipinski definition) is 0. The van der Waals surface area contributed by atoms with E-state index >= 15 is 0 Å². The number of hydrogen-bond acceptors (Lipinski definition) is 3. The number of ether oxygens (including phenoxy) is 1.